The SMILES string of the molecule is CNCc1nn(C)cc1Cl.Cl. The van der Waals surface area contributed by atoms with Gasteiger partial charge in [-0.05, 0) is 7.05 Å². The minimum Gasteiger partial charge on any atom is -0.314 e. The highest BCUT2D eigenvalue weighted by Crippen LogP contribution is 2.11. The molecule has 64 valence electrons. The molecule has 0 aliphatic carbocycles. The molecule has 0 spiro atoms. The van der Waals surface area contributed by atoms with Crippen LogP contribution >= 0.6 is 24.0 Å². The first-order chi connectivity index (χ1) is 4.74. The predicted molar refractivity (Wildman–Crippen MR) is 48.2 cm³/mol. The van der Waals surface area contributed by atoms with Crippen LogP contribution in [0.2, 0.25) is 5.02 Å². The highest BCUT2D eigenvalue weighted by atomic mass is 35.5. The quantitative estimate of drug-likeness (QED) is 0.770. The van der Waals surface area contributed by atoms with Crippen molar-refractivity contribution in [3.8, 4) is 0 Å². The maximum atomic E-state index is 5.80. The lowest BCUT2D eigenvalue weighted by molar-refractivity contribution is 0.712. The van der Waals surface area contributed by atoms with Gasteiger partial charge in [0.25, 0.3) is 0 Å². The Hall–Kier alpha value is -0.250. The second-order valence-electron chi connectivity index (χ2n) is 2.13. The fraction of sp³-hybridized carbons (Fsp3) is 0.500. The van der Waals surface area contributed by atoms with Crippen LogP contribution in [-0.2, 0) is 13.6 Å². The monoisotopic (exact) mass is 195 g/mol. The van der Waals surface area contributed by atoms with Gasteiger partial charge < -0.3 is 5.32 Å². The van der Waals surface area contributed by atoms with Crippen LogP contribution in [-0.4, -0.2) is 16.8 Å². The Balaban J connectivity index is 0.000001000. The molecule has 0 atom stereocenters. The molecule has 0 radical (unpaired) electrons. The summed E-state index contributed by atoms with van der Waals surface area (Å²) in [5, 5.41) is 7.82. The molecule has 1 N–H and O–H groups in total. The zero-order chi connectivity index (χ0) is 7.56. The summed E-state index contributed by atoms with van der Waals surface area (Å²) in [7, 11) is 3.72. The molecule has 0 aliphatic heterocycles. The van der Waals surface area contributed by atoms with E-state index in [9.17, 15) is 0 Å². The molecule has 1 aromatic heterocycles. The van der Waals surface area contributed by atoms with Crippen LogP contribution in [0.15, 0.2) is 6.20 Å². The topological polar surface area (TPSA) is 29.9 Å². The molecule has 0 bridgehead atoms. The Labute approximate surface area is 77.1 Å². The molecule has 1 rings (SSSR count). The van der Waals surface area contributed by atoms with E-state index in [4.69, 9.17) is 11.6 Å². The van der Waals surface area contributed by atoms with Gasteiger partial charge in [-0.2, -0.15) is 5.10 Å². The zero-order valence-electron chi connectivity index (χ0n) is 6.47. The molecule has 0 amide bonds. The lowest BCUT2D eigenvalue weighted by Gasteiger charge is -1.92. The Morgan fingerprint density at radius 2 is 2.36 bits per heavy atom. The van der Waals surface area contributed by atoms with Gasteiger partial charge in [-0.1, -0.05) is 11.6 Å². The van der Waals surface area contributed by atoms with Crippen molar-refractivity contribution in [3.05, 3.63) is 16.9 Å². The zero-order valence-corrected chi connectivity index (χ0v) is 8.04. The van der Waals surface area contributed by atoms with Crippen molar-refractivity contribution >= 4 is 24.0 Å². The van der Waals surface area contributed by atoms with Gasteiger partial charge in [0.2, 0.25) is 0 Å². The number of nitrogens with zero attached hydrogens (tertiary/aromatic N) is 2. The fourth-order valence-electron chi connectivity index (χ4n) is 0.793. The molecule has 5 heteroatoms. The normalized spacial score (nSPS) is 9.36. The number of hydrogen-bond acceptors (Lipinski definition) is 2. The van der Waals surface area contributed by atoms with E-state index in [1.165, 1.54) is 0 Å². The van der Waals surface area contributed by atoms with Gasteiger partial charge in [-0.25, -0.2) is 0 Å². The first-order valence-electron chi connectivity index (χ1n) is 3.06. The van der Waals surface area contributed by atoms with Crippen LogP contribution in [0.4, 0.5) is 0 Å². The lowest BCUT2D eigenvalue weighted by atomic mass is 10.4. The van der Waals surface area contributed by atoms with E-state index in [0.717, 1.165) is 17.3 Å². The third kappa shape index (κ3) is 2.69. The number of nitrogens with one attached hydrogen (secondary N) is 1. The fourth-order valence-corrected chi connectivity index (χ4v) is 1.04. The molecule has 0 fully saturated rings. The highest BCUT2D eigenvalue weighted by molar-refractivity contribution is 6.31. The van der Waals surface area contributed by atoms with Crippen molar-refractivity contribution < 1.29 is 0 Å². The largest absolute Gasteiger partial charge is 0.314 e. The van der Waals surface area contributed by atoms with E-state index < -0.39 is 0 Å². The van der Waals surface area contributed by atoms with Crippen LogP contribution in [0.5, 0.6) is 0 Å². The maximum Gasteiger partial charge on any atom is 0.0948 e. The average molecular weight is 196 g/mol. The summed E-state index contributed by atoms with van der Waals surface area (Å²) in [5.74, 6) is 0. The lowest BCUT2D eigenvalue weighted by Crippen LogP contribution is -2.06. The molecular weight excluding hydrogens is 185 g/mol. The summed E-state index contributed by atoms with van der Waals surface area (Å²) in [5.41, 5.74) is 0.895. The average Bonchev–Trinajstić information content (AvgIpc) is 2.13. The van der Waals surface area contributed by atoms with Gasteiger partial charge >= 0.3 is 0 Å². The summed E-state index contributed by atoms with van der Waals surface area (Å²) in [6.07, 6.45) is 1.79. The van der Waals surface area contributed by atoms with E-state index in [0.29, 0.717) is 0 Å². The van der Waals surface area contributed by atoms with Crippen LogP contribution in [0.1, 0.15) is 5.69 Å². The van der Waals surface area contributed by atoms with Gasteiger partial charge in [0.15, 0.2) is 0 Å². The highest BCUT2D eigenvalue weighted by Gasteiger charge is 2.01. The van der Waals surface area contributed by atoms with Gasteiger partial charge in [0, 0.05) is 19.8 Å². The summed E-state index contributed by atoms with van der Waals surface area (Å²) in [4.78, 5) is 0. The minimum absolute atomic E-state index is 0. The maximum absolute atomic E-state index is 5.80. The standard InChI is InChI=1S/C6H10ClN3.ClH/c1-8-3-6-5(7)4-10(2)9-6;/h4,8H,3H2,1-2H3;1H. The van der Waals surface area contributed by atoms with Gasteiger partial charge in [0.05, 0.1) is 10.7 Å². The Morgan fingerprint density at radius 3 is 2.73 bits per heavy atom. The van der Waals surface area contributed by atoms with Gasteiger partial charge in [-0.15, -0.1) is 12.4 Å². The van der Waals surface area contributed by atoms with Crippen molar-refractivity contribution in [1.82, 2.24) is 15.1 Å². The second kappa shape index (κ2) is 4.59. The van der Waals surface area contributed by atoms with Crippen molar-refractivity contribution in [3.63, 3.8) is 0 Å². The van der Waals surface area contributed by atoms with Crippen molar-refractivity contribution in [1.29, 1.82) is 0 Å². The second-order valence-corrected chi connectivity index (χ2v) is 2.53. The van der Waals surface area contributed by atoms with Crippen LogP contribution in [0.3, 0.4) is 0 Å². The van der Waals surface area contributed by atoms with Crippen molar-refractivity contribution in [2.24, 2.45) is 7.05 Å². The van der Waals surface area contributed by atoms with E-state index in [2.05, 4.69) is 10.4 Å². The molecule has 0 aromatic carbocycles. The summed E-state index contributed by atoms with van der Waals surface area (Å²) >= 11 is 5.80. The minimum atomic E-state index is 0. The Kier molecular flexibility index (Phi) is 4.49. The first-order valence-corrected chi connectivity index (χ1v) is 3.44. The van der Waals surface area contributed by atoms with Gasteiger partial charge in [0.1, 0.15) is 0 Å². The molecule has 0 aliphatic rings. The summed E-state index contributed by atoms with van der Waals surface area (Å²) in [6.45, 7) is 0.722. The molecule has 11 heavy (non-hydrogen) atoms. The van der Waals surface area contributed by atoms with E-state index in [1.807, 2.05) is 14.1 Å². The Bertz CT molecular complexity index is 222. The summed E-state index contributed by atoms with van der Waals surface area (Å²) in [6, 6.07) is 0. The number of aryl methyl sites for hydroxylation is 1. The van der Waals surface area contributed by atoms with Gasteiger partial charge in [-0.3, -0.25) is 4.68 Å². The Morgan fingerprint density at radius 1 is 1.73 bits per heavy atom. The third-order valence-electron chi connectivity index (χ3n) is 1.20. The van der Waals surface area contributed by atoms with Crippen molar-refractivity contribution in [2.75, 3.05) is 7.05 Å². The van der Waals surface area contributed by atoms with E-state index in [1.54, 1.807) is 10.9 Å². The van der Waals surface area contributed by atoms with E-state index in [-0.39, 0.29) is 12.4 Å². The van der Waals surface area contributed by atoms with Crippen LogP contribution in [0.25, 0.3) is 0 Å². The molecule has 3 nitrogen and oxygen atoms in total. The van der Waals surface area contributed by atoms with Crippen LogP contribution < -0.4 is 5.32 Å². The van der Waals surface area contributed by atoms with Crippen molar-refractivity contribution in [2.45, 2.75) is 6.54 Å². The number of halogens is 2. The molecule has 1 heterocycles. The van der Waals surface area contributed by atoms with E-state index >= 15 is 0 Å². The number of hydrogen-bond donors (Lipinski definition) is 1. The number of rotatable bonds is 2. The smallest absolute Gasteiger partial charge is 0.0948 e. The molecule has 0 saturated carbocycles. The third-order valence-corrected chi connectivity index (χ3v) is 1.51. The summed E-state index contributed by atoms with van der Waals surface area (Å²) < 4.78 is 1.70. The molecular formula is C6H11Cl2N3. The molecule has 0 saturated heterocycles. The van der Waals surface area contributed by atoms with Crippen LogP contribution in [0, 0.1) is 0 Å². The molecule has 0 unspecified atom stereocenters. The first kappa shape index (κ1) is 10.8. The number of aromatic nitrogens is 2. The molecule has 1 aromatic rings. The predicted octanol–water partition coefficient (Wildman–Crippen LogP) is 1.21.